The Bertz CT molecular complexity index is 1570. The van der Waals surface area contributed by atoms with Crippen LogP contribution in [0.5, 0.6) is 5.75 Å². The Morgan fingerprint density at radius 1 is 0.914 bits per heavy atom. The van der Waals surface area contributed by atoms with Gasteiger partial charge < -0.3 is 10.1 Å². The first-order valence-electron chi connectivity index (χ1n) is 11.0. The Morgan fingerprint density at radius 2 is 1.69 bits per heavy atom. The monoisotopic (exact) mass is 462 g/mol. The summed E-state index contributed by atoms with van der Waals surface area (Å²) in [6, 6.07) is 26.2. The van der Waals surface area contributed by atoms with E-state index in [9.17, 15) is 9.59 Å². The summed E-state index contributed by atoms with van der Waals surface area (Å²) in [6.45, 7) is 3.94. The summed E-state index contributed by atoms with van der Waals surface area (Å²) in [7, 11) is 0. The van der Waals surface area contributed by atoms with Crippen molar-refractivity contribution in [2.75, 3.05) is 5.32 Å². The van der Waals surface area contributed by atoms with E-state index in [4.69, 9.17) is 4.74 Å². The summed E-state index contributed by atoms with van der Waals surface area (Å²) >= 11 is 0. The number of imidazole rings is 1. The zero-order valence-electron chi connectivity index (χ0n) is 18.8. The number of hydrogen-bond donors (Lipinski definition) is 1. The second-order valence-electron chi connectivity index (χ2n) is 7.83. The van der Waals surface area contributed by atoms with Gasteiger partial charge >= 0.3 is 5.69 Å². The molecule has 5 rings (SSSR count). The van der Waals surface area contributed by atoms with Gasteiger partial charge in [0.25, 0.3) is 0 Å². The molecule has 0 fully saturated rings. The molecule has 0 aliphatic heterocycles. The molecular formula is C28H22N4O3. The first-order valence-corrected chi connectivity index (χ1v) is 11.0. The fourth-order valence-corrected chi connectivity index (χ4v) is 3.89. The van der Waals surface area contributed by atoms with Gasteiger partial charge in [0.05, 0.1) is 28.6 Å². The molecule has 2 aromatic heterocycles. The van der Waals surface area contributed by atoms with Gasteiger partial charge in [-0.1, -0.05) is 43.0 Å². The van der Waals surface area contributed by atoms with Crippen molar-refractivity contribution >= 4 is 22.6 Å². The van der Waals surface area contributed by atoms with E-state index in [1.807, 2.05) is 60.7 Å². The van der Waals surface area contributed by atoms with Crippen molar-refractivity contribution in [1.29, 1.82) is 0 Å². The summed E-state index contributed by atoms with van der Waals surface area (Å²) in [5, 5.41) is 2.73. The van der Waals surface area contributed by atoms with Gasteiger partial charge in [-0.2, -0.15) is 0 Å². The first-order chi connectivity index (χ1) is 17.1. The number of nitrogens with zero attached hydrogens (tertiary/aromatic N) is 3. The molecular weight excluding hydrogens is 440 g/mol. The summed E-state index contributed by atoms with van der Waals surface area (Å²) in [6.07, 6.45) is 4.51. The lowest BCUT2D eigenvalue weighted by atomic mass is 10.2. The summed E-state index contributed by atoms with van der Waals surface area (Å²) in [5.41, 5.74) is 4.06. The molecule has 0 atom stereocenters. The molecule has 5 aromatic rings. The number of amides is 1. The number of fused-ring (bicyclic) bond motifs is 1. The van der Waals surface area contributed by atoms with Crippen LogP contribution in [0.15, 0.2) is 115 Å². The van der Waals surface area contributed by atoms with Crippen LogP contribution in [0.3, 0.4) is 0 Å². The second-order valence-corrected chi connectivity index (χ2v) is 7.83. The Balaban J connectivity index is 1.51. The number of ether oxygens (including phenoxy) is 1. The van der Waals surface area contributed by atoms with Crippen LogP contribution < -0.4 is 15.7 Å². The van der Waals surface area contributed by atoms with Crippen LogP contribution in [0, 0.1) is 0 Å². The highest BCUT2D eigenvalue weighted by atomic mass is 16.5. The van der Waals surface area contributed by atoms with Crippen molar-refractivity contribution in [3.63, 3.8) is 0 Å². The van der Waals surface area contributed by atoms with Gasteiger partial charge in [-0.15, -0.1) is 0 Å². The molecule has 0 radical (unpaired) electrons. The van der Waals surface area contributed by atoms with E-state index in [1.54, 1.807) is 45.8 Å². The molecule has 0 spiro atoms. The molecule has 1 N–H and O–H groups in total. The van der Waals surface area contributed by atoms with Crippen LogP contribution in [0.4, 0.5) is 5.69 Å². The third-order valence-electron chi connectivity index (χ3n) is 5.54. The zero-order valence-corrected chi connectivity index (χ0v) is 18.8. The minimum absolute atomic E-state index is 0.252. The van der Waals surface area contributed by atoms with Crippen molar-refractivity contribution in [3.05, 3.63) is 126 Å². The fraction of sp³-hybridized carbons (Fsp3) is 0.0357. The average Bonchev–Trinajstić information content (AvgIpc) is 3.20. The number of benzene rings is 3. The quantitative estimate of drug-likeness (QED) is 0.350. The van der Waals surface area contributed by atoms with Crippen molar-refractivity contribution in [3.8, 4) is 17.1 Å². The molecule has 3 aromatic carbocycles. The molecule has 0 saturated heterocycles. The Morgan fingerprint density at radius 3 is 2.46 bits per heavy atom. The van der Waals surface area contributed by atoms with Crippen LogP contribution in [-0.2, 0) is 11.4 Å². The fourth-order valence-electron chi connectivity index (χ4n) is 3.89. The lowest BCUT2D eigenvalue weighted by Crippen LogP contribution is -2.22. The van der Waals surface area contributed by atoms with E-state index in [0.717, 1.165) is 5.56 Å². The minimum atomic E-state index is -0.323. The van der Waals surface area contributed by atoms with Crippen LogP contribution >= 0.6 is 0 Å². The van der Waals surface area contributed by atoms with Crippen molar-refractivity contribution < 1.29 is 9.53 Å². The van der Waals surface area contributed by atoms with Crippen LogP contribution in [0.25, 0.3) is 22.4 Å². The highest BCUT2D eigenvalue weighted by Gasteiger charge is 2.16. The number of anilines is 1. The van der Waals surface area contributed by atoms with Crippen LogP contribution in [-0.4, -0.2) is 20.0 Å². The normalized spacial score (nSPS) is 10.7. The topological polar surface area (TPSA) is 78.2 Å². The molecule has 7 heteroatoms. The third-order valence-corrected chi connectivity index (χ3v) is 5.54. The molecule has 2 heterocycles. The summed E-state index contributed by atoms with van der Waals surface area (Å²) < 4.78 is 9.09. The molecule has 172 valence electrons. The van der Waals surface area contributed by atoms with Crippen molar-refractivity contribution in [2.24, 2.45) is 0 Å². The lowest BCUT2D eigenvalue weighted by molar-refractivity contribution is -0.111. The number of hydrogen-bond acceptors (Lipinski definition) is 4. The maximum absolute atomic E-state index is 13.6. The van der Waals surface area contributed by atoms with Gasteiger partial charge in [0.15, 0.2) is 0 Å². The van der Waals surface area contributed by atoms with Gasteiger partial charge in [-0.25, -0.2) is 4.79 Å². The van der Waals surface area contributed by atoms with Crippen molar-refractivity contribution in [2.45, 2.75) is 6.61 Å². The van der Waals surface area contributed by atoms with Crippen LogP contribution in [0.1, 0.15) is 5.56 Å². The number of pyridine rings is 1. The molecule has 0 saturated carbocycles. The van der Waals surface area contributed by atoms with Crippen LogP contribution in [0.2, 0.25) is 0 Å². The van der Waals surface area contributed by atoms with Gasteiger partial charge in [0.1, 0.15) is 12.4 Å². The predicted molar refractivity (Wildman–Crippen MR) is 136 cm³/mol. The summed E-state index contributed by atoms with van der Waals surface area (Å²) in [5.74, 6) is 0.383. The van der Waals surface area contributed by atoms with E-state index >= 15 is 0 Å². The molecule has 0 bridgehead atoms. The standard InChI is InChI=1S/C28H22N4O3/c1-2-27(33)30-21-9-6-10-23(17-21)32-25-15-16-29-18-26(25)31(28(32)34)22-11-13-24(14-12-22)35-19-20-7-4-3-5-8-20/h2-18H,1,19H2,(H,30,33). The molecule has 1 amide bonds. The SMILES string of the molecule is C=CC(=O)Nc1cccc(-n2c(=O)n(-c3ccc(OCc4ccccc4)cc3)c3cnccc32)c1. The molecule has 0 aliphatic rings. The van der Waals surface area contributed by atoms with E-state index in [2.05, 4.69) is 16.9 Å². The Hall–Kier alpha value is -4.91. The highest BCUT2D eigenvalue weighted by molar-refractivity contribution is 5.99. The Labute approximate surface area is 201 Å². The number of rotatable bonds is 7. The van der Waals surface area contributed by atoms with Gasteiger partial charge in [-0.3, -0.25) is 18.9 Å². The molecule has 0 aliphatic carbocycles. The molecule has 35 heavy (non-hydrogen) atoms. The second kappa shape index (κ2) is 9.52. The van der Waals surface area contributed by atoms with Gasteiger partial charge in [0.2, 0.25) is 5.91 Å². The van der Waals surface area contributed by atoms with E-state index < -0.39 is 0 Å². The largest absolute Gasteiger partial charge is 0.489 e. The number of carbonyl (C=O) groups excluding carboxylic acids is 1. The third kappa shape index (κ3) is 4.47. The van der Waals surface area contributed by atoms with Gasteiger partial charge in [-0.05, 0) is 60.2 Å². The highest BCUT2D eigenvalue weighted by Crippen LogP contribution is 2.23. The van der Waals surface area contributed by atoms with Gasteiger partial charge in [0, 0.05) is 11.9 Å². The van der Waals surface area contributed by atoms with E-state index in [-0.39, 0.29) is 11.6 Å². The number of aromatic nitrogens is 3. The lowest BCUT2D eigenvalue weighted by Gasteiger charge is -2.08. The van der Waals surface area contributed by atoms with E-state index in [0.29, 0.717) is 40.5 Å². The first kappa shape index (κ1) is 21.9. The number of nitrogens with one attached hydrogen (secondary N) is 1. The maximum atomic E-state index is 13.6. The minimum Gasteiger partial charge on any atom is -0.489 e. The number of carbonyl (C=O) groups is 1. The predicted octanol–water partition coefficient (Wildman–Crippen LogP) is 4.88. The Kier molecular flexibility index (Phi) is 5.96. The zero-order chi connectivity index (χ0) is 24.2. The smallest absolute Gasteiger partial charge is 0.338 e. The maximum Gasteiger partial charge on any atom is 0.338 e. The molecule has 7 nitrogen and oxygen atoms in total. The summed E-state index contributed by atoms with van der Waals surface area (Å²) in [4.78, 5) is 29.6. The molecule has 0 unspecified atom stereocenters. The van der Waals surface area contributed by atoms with Crippen molar-refractivity contribution in [1.82, 2.24) is 14.1 Å². The average molecular weight is 463 g/mol. The van der Waals surface area contributed by atoms with E-state index in [1.165, 1.54) is 6.08 Å².